The molecule has 0 saturated heterocycles. The second-order valence-electron chi connectivity index (χ2n) is 4.80. The zero-order chi connectivity index (χ0) is 12.5. The monoisotopic (exact) mass is 244 g/mol. The molecule has 0 N–H and O–H groups in total. The number of anilines is 1. The predicted octanol–water partition coefficient (Wildman–Crippen LogP) is 1.68. The molecule has 1 fully saturated rings. The van der Waals surface area contributed by atoms with Gasteiger partial charge >= 0.3 is 0 Å². The minimum absolute atomic E-state index is 0.388. The minimum Gasteiger partial charge on any atom is -0.357 e. The number of hydrogen-bond donors (Lipinski definition) is 0. The van der Waals surface area contributed by atoms with Gasteiger partial charge in [-0.2, -0.15) is 5.10 Å². The zero-order valence-corrected chi connectivity index (χ0v) is 10.4. The van der Waals surface area contributed by atoms with Gasteiger partial charge in [0.15, 0.2) is 5.65 Å². The number of hydrogen-bond acceptors (Lipinski definition) is 4. The Kier molecular flexibility index (Phi) is 2.74. The van der Waals surface area contributed by atoms with E-state index in [0.29, 0.717) is 24.7 Å². The molecule has 1 aliphatic carbocycles. The van der Waals surface area contributed by atoms with Crippen LogP contribution in [0.2, 0.25) is 0 Å². The van der Waals surface area contributed by atoms with Crippen molar-refractivity contribution in [3.8, 4) is 0 Å². The summed E-state index contributed by atoms with van der Waals surface area (Å²) in [5.41, 5.74) is 0.853. The number of Topliss-reactive ketones (excluding diaryl/α,β-unsaturated/α-hetero) is 1. The van der Waals surface area contributed by atoms with Gasteiger partial charge in [-0.15, -0.1) is 0 Å². The van der Waals surface area contributed by atoms with Crippen LogP contribution in [-0.2, 0) is 4.79 Å². The van der Waals surface area contributed by atoms with E-state index in [1.807, 2.05) is 18.3 Å². The van der Waals surface area contributed by atoms with Crippen molar-refractivity contribution in [3.63, 3.8) is 0 Å². The minimum atomic E-state index is 0.388. The fourth-order valence-corrected chi connectivity index (χ4v) is 2.50. The van der Waals surface area contributed by atoms with Crippen LogP contribution in [0, 0.1) is 0 Å². The Labute approximate surface area is 105 Å². The van der Waals surface area contributed by atoms with Crippen molar-refractivity contribution < 1.29 is 4.79 Å². The third kappa shape index (κ3) is 1.96. The molecule has 0 bridgehead atoms. The fraction of sp³-hybridized carbons (Fsp3) is 0.462. The second-order valence-corrected chi connectivity index (χ2v) is 4.80. The van der Waals surface area contributed by atoms with E-state index in [4.69, 9.17) is 0 Å². The highest BCUT2D eigenvalue weighted by Gasteiger charge is 2.23. The molecule has 2 aromatic rings. The highest BCUT2D eigenvalue weighted by Crippen LogP contribution is 2.23. The van der Waals surface area contributed by atoms with Crippen molar-refractivity contribution in [1.82, 2.24) is 14.6 Å². The summed E-state index contributed by atoms with van der Waals surface area (Å²) in [5.74, 6) is 1.33. The van der Waals surface area contributed by atoms with Gasteiger partial charge in [-0.1, -0.05) is 0 Å². The van der Waals surface area contributed by atoms with Crippen molar-refractivity contribution in [2.75, 3.05) is 11.9 Å². The van der Waals surface area contributed by atoms with Crippen molar-refractivity contribution in [1.29, 1.82) is 0 Å². The molecule has 1 saturated carbocycles. The first kappa shape index (κ1) is 11.2. The summed E-state index contributed by atoms with van der Waals surface area (Å²) in [6, 6.07) is 4.28. The molecular weight excluding hydrogens is 228 g/mol. The van der Waals surface area contributed by atoms with Crippen LogP contribution >= 0.6 is 0 Å². The van der Waals surface area contributed by atoms with Crippen LogP contribution in [0.4, 0.5) is 5.82 Å². The van der Waals surface area contributed by atoms with Crippen LogP contribution in [0.1, 0.15) is 25.7 Å². The molecular formula is C13H16N4O. The average molecular weight is 244 g/mol. The molecule has 2 heterocycles. The maximum absolute atomic E-state index is 11.3. The summed E-state index contributed by atoms with van der Waals surface area (Å²) in [6.07, 6.45) is 6.92. The molecule has 18 heavy (non-hydrogen) atoms. The van der Waals surface area contributed by atoms with Crippen LogP contribution in [0.15, 0.2) is 24.5 Å². The molecule has 0 aromatic carbocycles. The van der Waals surface area contributed by atoms with Gasteiger partial charge in [-0.25, -0.2) is 9.50 Å². The summed E-state index contributed by atoms with van der Waals surface area (Å²) >= 11 is 0. The Morgan fingerprint density at radius 2 is 2.11 bits per heavy atom. The van der Waals surface area contributed by atoms with Crippen molar-refractivity contribution in [2.24, 2.45) is 0 Å². The number of fused-ring (bicyclic) bond motifs is 1. The topological polar surface area (TPSA) is 50.5 Å². The van der Waals surface area contributed by atoms with Crippen molar-refractivity contribution in [3.05, 3.63) is 24.5 Å². The number of carbonyl (C=O) groups is 1. The molecule has 0 unspecified atom stereocenters. The Morgan fingerprint density at radius 1 is 1.33 bits per heavy atom. The van der Waals surface area contributed by atoms with Crippen LogP contribution < -0.4 is 4.90 Å². The molecule has 94 valence electrons. The summed E-state index contributed by atoms with van der Waals surface area (Å²) in [5, 5.41) is 4.13. The number of ketones is 1. The van der Waals surface area contributed by atoms with Crippen LogP contribution in [0.25, 0.3) is 5.65 Å². The molecule has 1 aliphatic rings. The number of nitrogens with zero attached hydrogens (tertiary/aromatic N) is 4. The van der Waals surface area contributed by atoms with Crippen LogP contribution in [-0.4, -0.2) is 33.5 Å². The third-order valence-corrected chi connectivity index (χ3v) is 3.67. The summed E-state index contributed by atoms with van der Waals surface area (Å²) < 4.78 is 1.75. The van der Waals surface area contributed by atoms with Gasteiger partial charge in [0.2, 0.25) is 0 Å². The molecule has 0 spiro atoms. The van der Waals surface area contributed by atoms with E-state index >= 15 is 0 Å². The van der Waals surface area contributed by atoms with E-state index in [1.54, 1.807) is 10.7 Å². The molecule has 0 amide bonds. The van der Waals surface area contributed by atoms with E-state index in [9.17, 15) is 4.79 Å². The van der Waals surface area contributed by atoms with Crippen molar-refractivity contribution >= 4 is 17.2 Å². The first-order valence-electron chi connectivity index (χ1n) is 6.29. The molecule has 0 aliphatic heterocycles. The van der Waals surface area contributed by atoms with Gasteiger partial charge in [0.1, 0.15) is 11.6 Å². The summed E-state index contributed by atoms with van der Waals surface area (Å²) in [4.78, 5) is 18.0. The lowest BCUT2D eigenvalue weighted by Gasteiger charge is -2.31. The SMILES string of the molecule is CN(c1ccn2nccc2n1)C1CCC(=O)CC1. The maximum Gasteiger partial charge on any atom is 0.157 e. The molecule has 0 radical (unpaired) electrons. The van der Waals surface area contributed by atoms with Crippen LogP contribution in [0.3, 0.4) is 0 Å². The summed E-state index contributed by atoms with van der Waals surface area (Å²) in [6.45, 7) is 0. The average Bonchev–Trinajstić information content (AvgIpc) is 2.86. The number of carbonyl (C=O) groups excluding carboxylic acids is 1. The van der Waals surface area contributed by atoms with Gasteiger partial charge in [0.25, 0.3) is 0 Å². The lowest BCUT2D eigenvalue weighted by Crippen LogP contribution is -2.35. The highest BCUT2D eigenvalue weighted by molar-refractivity contribution is 5.79. The Balaban J connectivity index is 1.82. The third-order valence-electron chi connectivity index (χ3n) is 3.67. The van der Waals surface area contributed by atoms with Gasteiger partial charge in [-0.05, 0) is 18.9 Å². The lowest BCUT2D eigenvalue weighted by atomic mass is 9.93. The molecule has 2 aromatic heterocycles. The smallest absolute Gasteiger partial charge is 0.157 e. The lowest BCUT2D eigenvalue weighted by molar-refractivity contribution is -0.120. The van der Waals surface area contributed by atoms with Gasteiger partial charge in [-0.3, -0.25) is 4.79 Å². The van der Waals surface area contributed by atoms with E-state index < -0.39 is 0 Å². The Bertz CT molecular complexity index is 567. The molecule has 5 nitrogen and oxygen atoms in total. The van der Waals surface area contributed by atoms with E-state index in [2.05, 4.69) is 22.0 Å². The van der Waals surface area contributed by atoms with E-state index in [1.165, 1.54) is 0 Å². The Morgan fingerprint density at radius 3 is 2.89 bits per heavy atom. The quantitative estimate of drug-likeness (QED) is 0.806. The Hall–Kier alpha value is -1.91. The number of rotatable bonds is 2. The van der Waals surface area contributed by atoms with E-state index in [-0.39, 0.29) is 0 Å². The molecule has 5 heteroatoms. The fourth-order valence-electron chi connectivity index (χ4n) is 2.50. The normalized spacial score (nSPS) is 17.3. The van der Waals surface area contributed by atoms with Gasteiger partial charge in [0, 0.05) is 38.2 Å². The van der Waals surface area contributed by atoms with Gasteiger partial charge in [0.05, 0.1) is 6.20 Å². The standard InChI is InChI=1S/C13H16N4O/c1-16(10-2-4-11(18)5-3-10)12-7-9-17-13(15-12)6-8-14-17/h6-10H,2-5H2,1H3. The summed E-state index contributed by atoms with van der Waals surface area (Å²) in [7, 11) is 2.05. The molecule has 0 atom stereocenters. The first-order chi connectivity index (χ1) is 8.74. The second kappa shape index (κ2) is 4.40. The number of aromatic nitrogens is 3. The van der Waals surface area contributed by atoms with Crippen LogP contribution in [0.5, 0.6) is 0 Å². The van der Waals surface area contributed by atoms with Crippen molar-refractivity contribution in [2.45, 2.75) is 31.7 Å². The predicted molar refractivity (Wildman–Crippen MR) is 68.7 cm³/mol. The first-order valence-corrected chi connectivity index (χ1v) is 6.29. The highest BCUT2D eigenvalue weighted by atomic mass is 16.1. The van der Waals surface area contributed by atoms with E-state index in [0.717, 1.165) is 24.3 Å². The molecule has 3 rings (SSSR count). The largest absolute Gasteiger partial charge is 0.357 e. The zero-order valence-electron chi connectivity index (χ0n) is 10.4. The maximum atomic E-state index is 11.3. The van der Waals surface area contributed by atoms with Gasteiger partial charge < -0.3 is 4.90 Å².